The summed E-state index contributed by atoms with van der Waals surface area (Å²) in [5.41, 5.74) is 0. The van der Waals surface area contributed by atoms with Crippen LogP contribution in [0, 0.1) is 0 Å². The summed E-state index contributed by atoms with van der Waals surface area (Å²) < 4.78 is 23.1. The van der Waals surface area contributed by atoms with Gasteiger partial charge in [0.1, 0.15) is 30.5 Å². The zero-order valence-corrected chi connectivity index (χ0v) is 49.1. The first-order valence-electron chi connectivity index (χ1n) is 32.8. The summed E-state index contributed by atoms with van der Waals surface area (Å²) in [4.78, 5) is 12.9. The highest BCUT2D eigenvalue weighted by Gasteiger charge is 2.44. The van der Waals surface area contributed by atoms with Gasteiger partial charge in [-0.3, -0.25) is 4.79 Å². The van der Waals surface area contributed by atoms with Crippen LogP contribution in [0.4, 0.5) is 0 Å². The number of allylic oxidation sites excluding steroid dienone is 2. The summed E-state index contributed by atoms with van der Waals surface area (Å²) in [6, 6.07) is 0. The number of esters is 1. The molecule has 0 aromatic rings. The first kappa shape index (κ1) is 70.9. The van der Waals surface area contributed by atoms with Crippen molar-refractivity contribution in [1.82, 2.24) is 0 Å². The molecule has 1 heterocycles. The highest BCUT2D eigenvalue weighted by molar-refractivity contribution is 5.69. The van der Waals surface area contributed by atoms with E-state index in [-0.39, 0.29) is 19.2 Å². The van der Waals surface area contributed by atoms with Crippen molar-refractivity contribution in [2.24, 2.45) is 0 Å². The largest absolute Gasteiger partial charge is 0.457 e. The van der Waals surface area contributed by atoms with Crippen LogP contribution in [0.3, 0.4) is 0 Å². The van der Waals surface area contributed by atoms with Crippen LogP contribution in [0.5, 0.6) is 0 Å². The Kier molecular flexibility index (Phi) is 54.3. The molecule has 1 fully saturated rings. The van der Waals surface area contributed by atoms with E-state index in [9.17, 15) is 25.2 Å². The number of carbonyl (C=O) groups excluding carboxylic acids is 1. The van der Waals surface area contributed by atoms with Gasteiger partial charge < -0.3 is 39.4 Å². The minimum atomic E-state index is -1.53. The van der Waals surface area contributed by atoms with Gasteiger partial charge in [-0.2, -0.15) is 0 Å². The lowest BCUT2D eigenvalue weighted by Gasteiger charge is -2.39. The quantitative estimate of drug-likeness (QED) is 0.0267. The van der Waals surface area contributed by atoms with E-state index in [4.69, 9.17) is 18.9 Å². The van der Waals surface area contributed by atoms with Crippen LogP contribution in [0.25, 0.3) is 0 Å². The number of ether oxygens (including phenoxy) is 4. The molecule has 1 aliphatic heterocycles. The summed E-state index contributed by atoms with van der Waals surface area (Å²) >= 11 is 0. The predicted molar refractivity (Wildman–Crippen MR) is 312 cm³/mol. The van der Waals surface area contributed by atoms with Crippen LogP contribution in [0.1, 0.15) is 335 Å². The second-order valence-electron chi connectivity index (χ2n) is 22.9. The Bertz CT molecular complexity index is 1150. The van der Waals surface area contributed by atoms with Gasteiger partial charge in [-0.05, 0) is 38.5 Å². The maximum atomic E-state index is 12.9. The van der Waals surface area contributed by atoms with E-state index in [2.05, 4.69) is 26.0 Å². The Morgan fingerprint density at radius 3 is 1.09 bits per heavy atom. The molecule has 0 aromatic heterocycles. The molecule has 0 radical (unpaired) electrons. The van der Waals surface area contributed by atoms with Crippen molar-refractivity contribution < 1.29 is 44.2 Å². The van der Waals surface area contributed by atoms with Gasteiger partial charge >= 0.3 is 5.97 Å². The van der Waals surface area contributed by atoms with Crippen LogP contribution in [-0.4, -0.2) is 89.6 Å². The third-order valence-corrected chi connectivity index (χ3v) is 15.7. The zero-order chi connectivity index (χ0) is 53.5. The van der Waals surface area contributed by atoms with E-state index in [1.165, 1.54) is 283 Å². The maximum Gasteiger partial charge on any atom is 0.306 e. The van der Waals surface area contributed by atoms with E-state index in [0.717, 1.165) is 32.1 Å². The van der Waals surface area contributed by atoms with Crippen molar-refractivity contribution in [2.75, 3.05) is 26.4 Å². The molecule has 1 saturated heterocycles. The molecule has 6 unspecified atom stereocenters. The molecule has 0 saturated carbocycles. The normalized spacial score (nSPS) is 18.5. The SMILES string of the molecule is CCCCCCCCCC/C=C\CCCCCCCCCCCCCCCCOCC(COC1OC(CO)C(O)C(O)C1O)OC(=O)CCCCCCCCCCCCCCCCCCCCCCCCCCC. The molecule has 0 aliphatic carbocycles. The predicted octanol–water partition coefficient (Wildman–Crippen LogP) is 17.8. The fourth-order valence-electron chi connectivity index (χ4n) is 10.6. The first-order valence-corrected chi connectivity index (χ1v) is 32.8. The summed E-state index contributed by atoms with van der Waals surface area (Å²) in [5.74, 6) is -0.303. The van der Waals surface area contributed by atoms with Crippen molar-refractivity contribution in [2.45, 2.75) is 372 Å². The van der Waals surface area contributed by atoms with E-state index >= 15 is 0 Å². The number of hydrogen-bond donors (Lipinski definition) is 4. The number of aliphatic hydroxyl groups is 4. The molecule has 6 atom stereocenters. The molecule has 0 aromatic carbocycles. The van der Waals surface area contributed by atoms with Gasteiger partial charge in [0.05, 0.1) is 19.8 Å². The van der Waals surface area contributed by atoms with Crippen molar-refractivity contribution in [3.63, 3.8) is 0 Å². The molecule has 0 bridgehead atoms. The molecule has 74 heavy (non-hydrogen) atoms. The highest BCUT2D eigenvalue weighted by atomic mass is 16.7. The van der Waals surface area contributed by atoms with E-state index < -0.39 is 43.4 Å². The lowest BCUT2D eigenvalue weighted by Crippen LogP contribution is -2.59. The van der Waals surface area contributed by atoms with E-state index in [1.807, 2.05) is 0 Å². The Balaban J connectivity index is 2.08. The number of carbonyl (C=O) groups is 1. The van der Waals surface area contributed by atoms with Crippen LogP contribution in [-0.2, 0) is 23.7 Å². The van der Waals surface area contributed by atoms with Crippen LogP contribution < -0.4 is 0 Å². The van der Waals surface area contributed by atoms with Gasteiger partial charge in [-0.1, -0.05) is 302 Å². The fourth-order valence-corrected chi connectivity index (χ4v) is 10.6. The smallest absolute Gasteiger partial charge is 0.306 e. The third-order valence-electron chi connectivity index (χ3n) is 15.7. The Labute approximate surface area is 458 Å². The Hall–Kier alpha value is -1.07. The standard InChI is InChI=1S/C65H126O9/c1-3-5-7-9-11-13-15-17-19-21-23-25-27-29-31-33-35-37-39-41-43-45-47-49-51-53-55-71-57-59(58-72-65-64(70)63(69)62(68)60(56-66)74-65)73-61(67)54-52-50-48-46-44-42-40-38-36-34-32-30-28-26-24-22-20-18-16-14-12-10-8-6-4-2/h21,23,59-60,62-66,68-70H,3-20,22,24-58H2,1-2H3/b23-21-. The average Bonchev–Trinajstić information content (AvgIpc) is 3.40. The lowest BCUT2D eigenvalue weighted by atomic mass is 9.99. The third kappa shape index (κ3) is 45.9. The van der Waals surface area contributed by atoms with E-state index in [1.54, 1.807) is 0 Å². The molecule has 0 amide bonds. The van der Waals surface area contributed by atoms with Gasteiger partial charge in [0.25, 0.3) is 0 Å². The summed E-state index contributed by atoms with van der Waals surface area (Å²) in [7, 11) is 0. The highest BCUT2D eigenvalue weighted by Crippen LogP contribution is 2.23. The molecule has 9 nitrogen and oxygen atoms in total. The topological polar surface area (TPSA) is 135 Å². The maximum absolute atomic E-state index is 12.9. The van der Waals surface area contributed by atoms with Crippen LogP contribution in [0.15, 0.2) is 12.2 Å². The molecular formula is C65H126O9. The molecule has 4 N–H and O–H groups in total. The number of hydrogen-bond acceptors (Lipinski definition) is 9. The zero-order valence-electron chi connectivity index (χ0n) is 49.1. The van der Waals surface area contributed by atoms with Gasteiger partial charge in [-0.15, -0.1) is 0 Å². The summed E-state index contributed by atoms with van der Waals surface area (Å²) in [6.45, 7) is 4.65. The minimum Gasteiger partial charge on any atom is -0.457 e. The van der Waals surface area contributed by atoms with Gasteiger partial charge in [-0.25, -0.2) is 0 Å². The molecular weight excluding hydrogens is 925 g/mol. The number of rotatable bonds is 59. The van der Waals surface area contributed by atoms with E-state index in [0.29, 0.717) is 13.0 Å². The van der Waals surface area contributed by atoms with Crippen LogP contribution >= 0.6 is 0 Å². The van der Waals surface area contributed by atoms with Crippen molar-refractivity contribution in [3.05, 3.63) is 12.2 Å². The summed E-state index contributed by atoms with van der Waals surface area (Å²) in [5, 5.41) is 40.5. The lowest BCUT2D eigenvalue weighted by molar-refractivity contribution is -0.305. The monoisotopic (exact) mass is 1050 g/mol. The fraction of sp³-hybridized carbons (Fsp3) is 0.954. The van der Waals surface area contributed by atoms with Crippen molar-refractivity contribution >= 4 is 5.97 Å². The first-order chi connectivity index (χ1) is 36.4. The van der Waals surface area contributed by atoms with Crippen molar-refractivity contribution in [3.8, 4) is 0 Å². The van der Waals surface area contributed by atoms with Crippen molar-refractivity contribution in [1.29, 1.82) is 0 Å². The molecule has 440 valence electrons. The average molecular weight is 1050 g/mol. The van der Waals surface area contributed by atoms with Gasteiger partial charge in [0.15, 0.2) is 6.29 Å². The van der Waals surface area contributed by atoms with Crippen LogP contribution in [0.2, 0.25) is 0 Å². The number of aliphatic hydroxyl groups excluding tert-OH is 4. The number of unbranched alkanes of at least 4 members (excludes halogenated alkanes) is 46. The van der Waals surface area contributed by atoms with Gasteiger partial charge in [0, 0.05) is 13.0 Å². The van der Waals surface area contributed by atoms with Gasteiger partial charge in [0.2, 0.25) is 0 Å². The minimum absolute atomic E-state index is 0.106. The second kappa shape index (κ2) is 56.6. The molecule has 1 rings (SSSR count). The Morgan fingerprint density at radius 1 is 0.419 bits per heavy atom. The molecule has 9 heteroatoms. The summed E-state index contributed by atoms with van der Waals surface area (Å²) in [6.07, 6.45) is 62.9. The molecule has 1 aliphatic rings. The Morgan fingerprint density at radius 2 is 0.743 bits per heavy atom. The second-order valence-corrected chi connectivity index (χ2v) is 22.9. The molecule has 0 spiro atoms.